The SMILES string of the molecule is COC(=O)NC(C(=O)N1[C@@H]2CC[C@@H](C2)[C@H]1c1ncc(-c2ccc(-c3ccc(-c4cnc([C@@H]5CCCN5C(=O)[C@@H](NC(=O)OC)C(C)C)[nH]4)cc3)cc2)[nH]1)C1CCOCC1.O=C(OCc1ccccc1)N1CCC[C@H]1c1ncc(-c2ccc(Br)cc2)[nH]1. The van der Waals surface area contributed by atoms with E-state index in [0.29, 0.717) is 45.1 Å². The van der Waals surface area contributed by atoms with Gasteiger partial charge in [-0.1, -0.05) is 121 Å². The van der Waals surface area contributed by atoms with Crippen LogP contribution in [0, 0.1) is 17.8 Å². The number of likely N-dealkylation sites (tertiary alicyclic amines) is 3. The average Bonchev–Trinajstić information content (AvgIpc) is 2.56. The van der Waals surface area contributed by atoms with E-state index >= 15 is 0 Å². The molecule has 5 aliphatic rings. The Morgan fingerprint density at radius 3 is 1.70 bits per heavy atom. The van der Waals surface area contributed by atoms with Crippen molar-refractivity contribution in [2.24, 2.45) is 17.8 Å². The molecule has 20 nitrogen and oxygen atoms in total. The summed E-state index contributed by atoms with van der Waals surface area (Å²) in [6.07, 6.45) is 11.7. The fourth-order valence-electron chi connectivity index (χ4n) is 13.0. The number of aromatic nitrogens is 6. The molecule has 4 aromatic carbocycles. The second-order valence-corrected chi connectivity index (χ2v) is 24.0. The molecule has 5 fully saturated rings. The molecule has 5 amide bonds. The summed E-state index contributed by atoms with van der Waals surface area (Å²) in [7, 11) is 2.61. The van der Waals surface area contributed by atoms with Gasteiger partial charge in [-0.05, 0) is 121 Å². The largest absolute Gasteiger partial charge is 0.453 e. The van der Waals surface area contributed by atoms with Crippen molar-refractivity contribution in [3.05, 3.63) is 149 Å². The van der Waals surface area contributed by atoms with Crippen LogP contribution in [0.4, 0.5) is 14.4 Å². The smallest absolute Gasteiger partial charge is 0.410 e. The summed E-state index contributed by atoms with van der Waals surface area (Å²) in [6, 6.07) is 32.7. The number of fused-ring (bicyclic) bond motifs is 2. The minimum Gasteiger partial charge on any atom is -0.453 e. The molecule has 3 aromatic heterocycles. The highest BCUT2D eigenvalue weighted by molar-refractivity contribution is 9.10. The number of halogens is 1. The van der Waals surface area contributed by atoms with Gasteiger partial charge in [0.05, 0.1) is 68.0 Å². The lowest BCUT2D eigenvalue weighted by Gasteiger charge is -2.39. The lowest BCUT2D eigenvalue weighted by Crippen LogP contribution is -2.55. The van der Waals surface area contributed by atoms with E-state index in [1.165, 1.54) is 14.2 Å². The van der Waals surface area contributed by atoms with Crippen molar-refractivity contribution < 1.29 is 42.9 Å². The Labute approximate surface area is 508 Å². The Balaban J connectivity index is 0.000000236. The molecule has 1 aliphatic carbocycles. The highest BCUT2D eigenvalue weighted by Gasteiger charge is 2.52. The van der Waals surface area contributed by atoms with Crippen molar-refractivity contribution in [2.45, 2.75) is 114 Å². The van der Waals surface area contributed by atoms with Gasteiger partial charge in [-0.3, -0.25) is 14.5 Å². The molecule has 0 spiro atoms. The van der Waals surface area contributed by atoms with E-state index in [1.54, 1.807) is 11.1 Å². The molecular formula is C65H74BrN11O9. The first kappa shape index (κ1) is 59.4. The van der Waals surface area contributed by atoms with Gasteiger partial charge in [-0.25, -0.2) is 29.3 Å². The van der Waals surface area contributed by atoms with Gasteiger partial charge in [-0.2, -0.15) is 0 Å². The number of amides is 5. The van der Waals surface area contributed by atoms with Gasteiger partial charge in [0.15, 0.2) is 0 Å². The summed E-state index contributed by atoms with van der Waals surface area (Å²) in [5.74, 6) is 2.27. The maximum absolute atomic E-state index is 14.3. The number of alkyl carbamates (subject to hydrolysis) is 2. The lowest BCUT2D eigenvalue weighted by molar-refractivity contribution is -0.140. The number of aromatic amines is 3. The normalized spacial score (nSPS) is 20.7. The third-order valence-electron chi connectivity index (χ3n) is 17.5. The zero-order valence-corrected chi connectivity index (χ0v) is 50.5. The van der Waals surface area contributed by atoms with Gasteiger partial charge in [0.2, 0.25) is 11.8 Å². The Morgan fingerprint density at radius 2 is 1.13 bits per heavy atom. The number of hydrogen-bond donors (Lipinski definition) is 5. The van der Waals surface area contributed by atoms with Crippen LogP contribution in [-0.4, -0.2) is 133 Å². The summed E-state index contributed by atoms with van der Waals surface area (Å²) < 4.78 is 21.8. The lowest BCUT2D eigenvalue weighted by atomic mass is 9.89. The molecular weight excluding hydrogens is 1160 g/mol. The topological polar surface area (TPSA) is 242 Å². The van der Waals surface area contributed by atoms with Crippen molar-refractivity contribution >= 4 is 46.0 Å². The molecule has 7 aromatic rings. The maximum Gasteiger partial charge on any atom is 0.410 e. The highest BCUT2D eigenvalue weighted by atomic mass is 79.9. The van der Waals surface area contributed by atoms with Crippen molar-refractivity contribution in [2.75, 3.05) is 40.5 Å². The number of benzene rings is 4. The van der Waals surface area contributed by atoms with Crippen LogP contribution in [0.15, 0.2) is 126 Å². The molecule has 5 N–H and O–H groups in total. The molecule has 7 heterocycles. The van der Waals surface area contributed by atoms with Gasteiger partial charge in [0.25, 0.3) is 0 Å². The Kier molecular flexibility index (Phi) is 18.6. The summed E-state index contributed by atoms with van der Waals surface area (Å²) >= 11 is 3.45. The fourth-order valence-corrected chi connectivity index (χ4v) is 13.2. The van der Waals surface area contributed by atoms with Crippen molar-refractivity contribution in [3.8, 4) is 44.9 Å². The Hall–Kier alpha value is -8.30. The highest BCUT2D eigenvalue weighted by Crippen LogP contribution is 2.50. The molecule has 12 rings (SSSR count). The van der Waals surface area contributed by atoms with E-state index in [9.17, 15) is 24.0 Å². The zero-order valence-electron chi connectivity index (χ0n) is 48.9. The van der Waals surface area contributed by atoms with E-state index in [-0.39, 0.29) is 60.5 Å². The van der Waals surface area contributed by atoms with E-state index in [1.807, 2.05) is 90.6 Å². The maximum atomic E-state index is 14.3. The molecule has 4 aliphatic heterocycles. The van der Waals surface area contributed by atoms with Crippen molar-refractivity contribution in [1.29, 1.82) is 0 Å². The third kappa shape index (κ3) is 13.2. The van der Waals surface area contributed by atoms with Crippen LogP contribution in [0.25, 0.3) is 44.9 Å². The Bertz CT molecular complexity index is 3460. The predicted molar refractivity (Wildman–Crippen MR) is 326 cm³/mol. The van der Waals surface area contributed by atoms with Gasteiger partial charge in [0.1, 0.15) is 36.2 Å². The minimum absolute atomic E-state index is 0.0233. The van der Waals surface area contributed by atoms with Gasteiger partial charge in [-0.15, -0.1) is 0 Å². The molecule has 1 unspecified atom stereocenters. The third-order valence-corrected chi connectivity index (χ3v) is 18.0. The quantitative estimate of drug-likeness (QED) is 0.0602. The summed E-state index contributed by atoms with van der Waals surface area (Å²) in [5.41, 5.74) is 8.82. The first-order chi connectivity index (χ1) is 41.8. The van der Waals surface area contributed by atoms with Gasteiger partial charge in [0, 0.05) is 36.8 Å². The first-order valence-corrected chi connectivity index (χ1v) is 30.6. The second kappa shape index (κ2) is 27.0. The van der Waals surface area contributed by atoms with E-state index in [2.05, 4.69) is 100 Å². The van der Waals surface area contributed by atoms with Crippen LogP contribution in [0.1, 0.15) is 113 Å². The number of carbonyl (C=O) groups excluding carboxylic acids is 5. The molecule has 1 saturated carbocycles. The number of H-pyrrole nitrogens is 3. The first-order valence-electron chi connectivity index (χ1n) is 29.8. The number of nitrogens with one attached hydrogen (secondary N) is 5. The molecule has 21 heteroatoms. The van der Waals surface area contributed by atoms with E-state index in [4.69, 9.17) is 23.9 Å². The van der Waals surface area contributed by atoms with Crippen molar-refractivity contribution in [3.63, 3.8) is 0 Å². The number of hydrogen-bond acceptors (Lipinski definition) is 12. The predicted octanol–water partition coefficient (Wildman–Crippen LogP) is 11.7. The molecule has 7 atom stereocenters. The summed E-state index contributed by atoms with van der Waals surface area (Å²) in [4.78, 5) is 94.8. The summed E-state index contributed by atoms with van der Waals surface area (Å²) in [6.45, 7) is 6.50. The average molecular weight is 1230 g/mol. The second-order valence-electron chi connectivity index (χ2n) is 23.1. The standard InChI is InChI=1S/C44H54N8O7.C21H20BrN3O2/c1-25(2)36(49-43(55)57-3)41(53)51-19-5-6-35(51)39-45-23-33(47-39)28-11-7-26(8-12-28)27-9-13-29(14-10-27)34-24-46-40(48-34)38-31-15-16-32(22-31)52(38)42(54)37(50-44(56)58-4)30-17-20-59-21-18-30;22-17-10-8-16(9-11-17)18-13-23-20(24-18)19-7-4-12-25(19)21(26)27-14-15-5-2-1-3-6-15/h7-14,23-25,30-32,35-38H,5-6,15-22H2,1-4H3,(H,45,47)(H,46,48)(H,49,55)(H,50,56);1-3,5-6,8-11,13,19H,4,7,12,14H2,(H,23,24)/t31-,32+,35-,36-,37?,38-;19-/m00/s1. The number of carbonyl (C=O) groups is 5. The van der Waals surface area contributed by atoms with Crippen LogP contribution in [0.5, 0.6) is 0 Å². The molecule has 0 radical (unpaired) electrons. The number of imidazole rings is 3. The van der Waals surface area contributed by atoms with Gasteiger partial charge >= 0.3 is 18.3 Å². The van der Waals surface area contributed by atoms with Crippen LogP contribution in [0.3, 0.4) is 0 Å². The van der Waals surface area contributed by atoms with Crippen LogP contribution in [-0.2, 0) is 35.1 Å². The van der Waals surface area contributed by atoms with Gasteiger partial charge < -0.3 is 54.3 Å². The Morgan fingerprint density at radius 1 is 0.616 bits per heavy atom. The molecule has 450 valence electrons. The van der Waals surface area contributed by atoms with Crippen LogP contribution in [0.2, 0.25) is 0 Å². The van der Waals surface area contributed by atoms with Crippen molar-refractivity contribution in [1.82, 2.24) is 55.2 Å². The minimum atomic E-state index is -0.689. The number of nitrogens with zero attached hydrogens (tertiary/aromatic N) is 6. The van der Waals surface area contributed by atoms with E-state index in [0.717, 1.165) is 117 Å². The molecule has 2 bridgehead atoms. The van der Waals surface area contributed by atoms with Crippen LogP contribution >= 0.6 is 15.9 Å². The number of methoxy groups -OCH3 is 2. The fraction of sp³-hybridized carbons (Fsp3) is 0.415. The molecule has 86 heavy (non-hydrogen) atoms. The number of rotatable bonds is 15. The van der Waals surface area contributed by atoms with E-state index < -0.39 is 24.3 Å². The number of ether oxygens (including phenoxy) is 4. The molecule has 4 saturated heterocycles. The van der Waals surface area contributed by atoms with Crippen LogP contribution < -0.4 is 10.6 Å². The summed E-state index contributed by atoms with van der Waals surface area (Å²) in [5, 5.41) is 5.57. The monoisotopic (exact) mass is 1230 g/mol. The number of piperidine rings is 1. The zero-order chi connectivity index (χ0) is 59.8.